The second-order valence-electron chi connectivity index (χ2n) is 12.7. The van der Waals surface area contributed by atoms with E-state index in [1.807, 2.05) is 44.2 Å². The molecule has 4 rings (SSSR count). The molecule has 1 aliphatic rings. The van der Waals surface area contributed by atoms with Gasteiger partial charge in [-0.1, -0.05) is 82.1 Å². The zero-order chi connectivity index (χ0) is 33.3. The molecule has 0 radical (unpaired) electrons. The third-order valence-electron chi connectivity index (χ3n) is 8.65. The molecule has 2 amide bonds. The topological polar surface area (TPSA) is 90.3 Å². The number of nitrogens with zero attached hydrogens (tertiary/aromatic N) is 1. The third kappa shape index (κ3) is 8.10. The van der Waals surface area contributed by atoms with Gasteiger partial charge in [0.25, 0.3) is 0 Å². The first-order valence-corrected chi connectivity index (χ1v) is 18.2. The zero-order valence-corrected chi connectivity index (χ0v) is 29.9. The second-order valence-corrected chi connectivity index (χ2v) is 17.2. The molecule has 0 saturated carbocycles. The van der Waals surface area contributed by atoms with E-state index in [4.69, 9.17) is 28.0 Å². The van der Waals surface area contributed by atoms with Crippen LogP contribution in [0.15, 0.2) is 71.2 Å². The lowest BCUT2D eigenvalue weighted by Crippen LogP contribution is -2.59. The molecule has 3 aromatic rings. The van der Waals surface area contributed by atoms with Crippen molar-refractivity contribution in [2.45, 2.75) is 70.7 Å². The summed E-state index contributed by atoms with van der Waals surface area (Å²) in [4.78, 5) is 30.3. The molecule has 3 aromatic carbocycles. The number of carbonyl (C=O) groups is 2. The molecule has 45 heavy (non-hydrogen) atoms. The van der Waals surface area contributed by atoms with Gasteiger partial charge in [0.2, 0.25) is 11.8 Å². The Morgan fingerprint density at radius 3 is 2.31 bits per heavy atom. The molecule has 1 fully saturated rings. The smallest absolute Gasteiger partial charge is 0.229 e. The molecule has 0 aromatic heterocycles. The van der Waals surface area contributed by atoms with E-state index in [2.05, 4.69) is 21.2 Å². The Labute approximate surface area is 284 Å². The molecule has 0 spiro atoms. The monoisotopic (exact) mass is 737 g/mol. The number of rotatable bonds is 10. The summed E-state index contributed by atoms with van der Waals surface area (Å²) in [5, 5.41) is 3.51. The van der Waals surface area contributed by atoms with Crippen molar-refractivity contribution in [2.75, 3.05) is 11.1 Å². The molecule has 0 bridgehead atoms. The fraction of sp³-hybridized carbons (Fsp3) is 0.412. The van der Waals surface area contributed by atoms with Crippen LogP contribution in [0.4, 0.5) is 10.1 Å². The molecule has 11 heteroatoms. The summed E-state index contributed by atoms with van der Waals surface area (Å²) in [6.45, 7) is 9.24. The first kappa shape index (κ1) is 35.4. The number of carbonyl (C=O) groups excluding carboxylic acids is 2. The molecular weight excluding hydrogens is 700 g/mol. The van der Waals surface area contributed by atoms with E-state index in [1.54, 1.807) is 43.9 Å². The van der Waals surface area contributed by atoms with Gasteiger partial charge >= 0.3 is 0 Å². The molecule has 242 valence electrons. The Morgan fingerprint density at radius 1 is 1.07 bits per heavy atom. The van der Waals surface area contributed by atoms with E-state index in [-0.39, 0.29) is 29.9 Å². The maximum absolute atomic E-state index is 14.9. The summed E-state index contributed by atoms with van der Waals surface area (Å²) in [6, 6.07) is 17.7. The van der Waals surface area contributed by atoms with Crippen LogP contribution in [0, 0.1) is 21.9 Å². The highest BCUT2D eigenvalue weighted by Crippen LogP contribution is 2.52. The number of nitrogens with one attached hydrogen (secondary N) is 2. The number of anilines is 1. The van der Waals surface area contributed by atoms with Gasteiger partial charge in [-0.15, -0.1) is 0 Å². The number of halogens is 4. The standard InChI is InChI=1S/C34H39BrCl2FN3O3S/c1-20(2)30(19-45(39,44)21(3)4)41-32(22-9-11-24(36)12-10-22)27(23-7-6-8-25(37)15-23)17-34(5,33(41)43)18-31(42)40-29-14-13-26(38)16-28(29)35/h6-16,20-21,27,30,32,39H,17-19H2,1-5H3,(H,40,42)/t27-,30-,32-,34-,45?/m1/s1. The molecule has 1 heterocycles. The van der Waals surface area contributed by atoms with Gasteiger partial charge in [-0.25, -0.2) is 8.60 Å². The Balaban J connectivity index is 1.88. The highest BCUT2D eigenvalue weighted by molar-refractivity contribution is 9.10. The number of amides is 2. The molecule has 1 saturated heterocycles. The Bertz CT molecular complexity index is 1670. The number of hydrogen-bond donors (Lipinski definition) is 2. The summed E-state index contributed by atoms with van der Waals surface area (Å²) >= 11 is 16.1. The van der Waals surface area contributed by atoms with Gasteiger partial charge in [0.15, 0.2) is 0 Å². The third-order valence-corrected chi connectivity index (χ3v) is 12.2. The van der Waals surface area contributed by atoms with E-state index >= 15 is 0 Å². The molecule has 1 aliphatic heterocycles. The maximum atomic E-state index is 14.9. The van der Waals surface area contributed by atoms with Crippen LogP contribution in [0.5, 0.6) is 0 Å². The highest BCUT2D eigenvalue weighted by Gasteiger charge is 2.53. The van der Waals surface area contributed by atoms with Gasteiger partial charge in [0.05, 0.1) is 22.9 Å². The van der Waals surface area contributed by atoms with E-state index in [0.717, 1.165) is 11.1 Å². The molecule has 2 N–H and O–H groups in total. The summed E-state index contributed by atoms with van der Waals surface area (Å²) in [7, 11) is -3.08. The average Bonchev–Trinajstić information content (AvgIpc) is 2.95. The van der Waals surface area contributed by atoms with Crippen LogP contribution in [0.1, 0.15) is 70.5 Å². The van der Waals surface area contributed by atoms with E-state index in [0.29, 0.717) is 26.6 Å². The summed E-state index contributed by atoms with van der Waals surface area (Å²) in [5.41, 5.74) is 0.943. The number of piperidine rings is 1. The van der Waals surface area contributed by atoms with Crippen LogP contribution in [0.3, 0.4) is 0 Å². The number of likely N-dealkylation sites (tertiary alicyclic amines) is 1. The van der Waals surface area contributed by atoms with Crippen LogP contribution in [-0.2, 0) is 19.3 Å². The minimum atomic E-state index is -3.08. The molecule has 5 atom stereocenters. The minimum Gasteiger partial charge on any atom is -0.330 e. The van der Waals surface area contributed by atoms with E-state index < -0.39 is 44.2 Å². The van der Waals surface area contributed by atoms with Gasteiger partial charge in [-0.2, -0.15) is 0 Å². The van der Waals surface area contributed by atoms with Gasteiger partial charge in [0, 0.05) is 47.9 Å². The minimum absolute atomic E-state index is 0.00870. The quantitative estimate of drug-likeness (QED) is 0.217. The molecule has 0 aliphatic carbocycles. The Morgan fingerprint density at radius 2 is 1.73 bits per heavy atom. The Hall–Kier alpha value is -2.46. The van der Waals surface area contributed by atoms with Gasteiger partial charge in [-0.05, 0) is 81.9 Å². The molecule has 1 unspecified atom stereocenters. The lowest BCUT2D eigenvalue weighted by atomic mass is 9.66. The van der Waals surface area contributed by atoms with Crippen LogP contribution in [0.25, 0.3) is 0 Å². The average molecular weight is 740 g/mol. The fourth-order valence-electron chi connectivity index (χ4n) is 6.09. The normalized spacial score (nSPS) is 22.4. The van der Waals surface area contributed by atoms with Gasteiger partial charge < -0.3 is 10.2 Å². The van der Waals surface area contributed by atoms with Crippen molar-refractivity contribution in [2.24, 2.45) is 11.3 Å². The van der Waals surface area contributed by atoms with Gasteiger partial charge in [0.1, 0.15) is 5.82 Å². The largest absolute Gasteiger partial charge is 0.330 e. The predicted octanol–water partition coefficient (Wildman–Crippen LogP) is 9.47. The van der Waals surface area contributed by atoms with Crippen LogP contribution in [0.2, 0.25) is 10.0 Å². The first-order valence-electron chi connectivity index (χ1n) is 14.9. The lowest BCUT2D eigenvalue weighted by molar-refractivity contribution is -0.157. The van der Waals surface area contributed by atoms with Crippen LogP contribution < -0.4 is 5.32 Å². The summed E-state index contributed by atoms with van der Waals surface area (Å²) in [6.07, 6.45) is 0.168. The maximum Gasteiger partial charge on any atom is 0.229 e. The number of hydrogen-bond acceptors (Lipinski definition) is 4. The van der Waals surface area contributed by atoms with Gasteiger partial charge in [-0.3, -0.25) is 14.4 Å². The van der Waals surface area contributed by atoms with Crippen molar-refractivity contribution in [1.29, 1.82) is 4.78 Å². The zero-order valence-electron chi connectivity index (χ0n) is 26.0. The second kappa shape index (κ2) is 14.1. The van der Waals surface area contributed by atoms with Crippen molar-refractivity contribution < 1.29 is 18.2 Å². The predicted molar refractivity (Wildman–Crippen MR) is 185 cm³/mol. The molecular formula is C34H39BrCl2FN3O3S. The lowest BCUT2D eigenvalue weighted by Gasteiger charge is -2.53. The van der Waals surface area contributed by atoms with Crippen molar-refractivity contribution >= 4 is 66.4 Å². The highest BCUT2D eigenvalue weighted by atomic mass is 79.9. The van der Waals surface area contributed by atoms with Crippen LogP contribution in [-0.4, -0.2) is 38.0 Å². The van der Waals surface area contributed by atoms with Crippen molar-refractivity contribution in [3.05, 3.63) is 98.2 Å². The summed E-state index contributed by atoms with van der Waals surface area (Å²) < 4.78 is 36.5. The van der Waals surface area contributed by atoms with E-state index in [9.17, 15) is 18.2 Å². The van der Waals surface area contributed by atoms with Crippen molar-refractivity contribution in [3.8, 4) is 0 Å². The summed E-state index contributed by atoms with van der Waals surface area (Å²) in [5.74, 6) is -1.58. The van der Waals surface area contributed by atoms with Crippen molar-refractivity contribution in [3.63, 3.8) is 0 Å². The first-order chi connectivity index (χ1) is 21.0. The van der Waals surface area contributed by atoms with Crippen molar-refractivity contribution in [1.82, 2.24) is 4.90 Å². The van der Waals surface area contributed by atoms with Crippen LogP contribution >= 0.6 is 39.1 Å². The SMILES string of the molecule is CC(C)[C@@H](CS(=N)(=O)C(C)C)N1C(=O)[C@@](C)(CC(=O)Nc2ccc(F)cc2Br)C[C@H](c2cccc(Cl)c2)[C@H]1c1ccc(Cl)cc1. The number of benzene rings is 3. The fourth-order valence-corrected chi connectivity index (χ4v) is 8.30. The Kier molecular flexibility index (Phi) is 11.1. The van der Waals surface area contributed by atoms with E-state index in [1.165, 1.54) is 18.2 Å². The molecule has 6 nitrogen and oxygen atoms in total.